The highest BCUT2D eigenvalue weighted by Crippen LogP contribution is 1.80. The summed E-state index contributed by atoms with van der Waals surface area (Å²) < 4.78 is 1.68. The first-order chi connectivity index (χ1) is 5.54. The van der Waals surface area contributed by atoms with Gasteiger partial charge in [-0.2, -0.15) is 4.68 Å². The minimum atomic E-state index is -0.547. The van der Waals surface area contributed by atoms with Crippen LogP contribution in [0.25, 0.3) is 0 Å². The molecule has 1 heterocycles. The average molecular weight is 171 g/mol. The lowest BCUT2D eigenvalue weighted by molar-refractivity contribution is 0.214. The predicted molar refractivity (Wildman–Crippen MR) is 39.7 cm³/mol. The molecule has 0 aromatic carbocycles. The SMILES string of the molecule is CN(C)C(=O)n1nnn(C)c1=O. The van der Waals surface area contributed by atoms with Crippen LogP contribution in [0.3, 0.4) is 0 Å². The summed E-state index contributed by atoms with van der Waals surface area (Å²) in [5.74, 6) is 0. The Morgan fingerprint density at radius 3 is 2.33 bits per heavy atom. The van der Waals surface area contributed by atoms with Crippen LogP contribution in [-0.2, 0) is 7.05 Å². The monoisotopic (exact) mass is 171 g/mol. The molecule has 0 bridgehead atoms. The smallest absolute Gasteiger partial charge is 0.329 e. The minimum Gasteiger partial charge on any atom is -0.329 e. The van der Waals surface area contributed by atoms with Crippen LogP contribution >= 0.6 is 0 Å². The number of amides is 1. The first kappa shape index (κ1) is 8.44. The number of hydrogen-bond acceptors (Lipinski definition) is 4. The van der Waals surface area contributed by atoms with E-state index in [0.717, 1.165) is 4.68 Å². The van der Waals surface area contributed by atoms with E-state index < -0.39 is 11.7 Å². The molecule has 66 valence electrons. The quantitative estimate of drug-likeness (QED) is 0.445. The third-order valence-corrected chi connectivity index (χ3v) is 1.29. The Bertz CT molecular complexity index is 349. The molecule has 0 aliphatic rings. The number of carbonyl (C=O) groups excluding carboxylic acids is 1. The molecule has 1 aromatic rings. The lowest BCUT2D eigenvalue weighted by atomic mass is 10.8. The second-order valence-corrected chi connectivity index (χ2v) is 2.47. The van der Waals surface area contributed by atoms with Gasteiger partial charge in [0.05, 0.1) is 0 Å². The number of tetrazole rings is 1. The zero-order valence-electron chi connectivity index (χ0n) is 7.05. The van der Waals surface area contributed by atoms with Gasteiger partial charge in [-0.3, -0.25) is 0 Å². The highest BCUT2D eigenvalue weighted by Gasteiger charge is 2.13. The first-order valence-electron chi connectivity index (χ1n) is 3.24. The summed E-state index contributed by atoms with van der Waals surface area (Å²) in [6.07, 6.45) is 0. The third kappa shape index (κ3) is 1.20. The fraction of sp³-hybridized carbons (Fsp3) is 0.600. The van der Waals surface area contributed by atoms with Crippen LogP contribution in [0.15, 0.2) is 4.79 Å². The molecular formula is C5H9N5O2. The van der Waals surface area contributed by atoms with Gasteiger partial charge >= 0.3 is 11.7 Å². The summed E-state index contributed by atoms with van der Waals surface area (Å²) >= 11 is 0. The standard InChI is InChI=1S/C5H9N5O2/c1-8(2)4(11)10-5(12)9(3)6-7-10/h1-3H3. The van der Waals surface area contributed by atoms with Crippen molar-refractivity contribution in [2.75, 3.05) is 14.1 Å². The predicted octanol–water partition coefficient (Wildman–Crippen LogP) is -1.49. The van der Waals surface area contributed by atoms with Gasteiger partial charge in [-0.05, 0) is 10.4 Å². The molecule has 0 spiro atoms. The Balaban J connectivity index is 3.13. The number of rotatable bonds is 0. The van der Waals surface area contributed by atoms with E-state index in [-0.39, 0.29) is 0 Å². The van der Waals surface area contributed by atoms with E-state index in [4.69, 9.17) is 0 Å². The molecule has 0 radical (unpaired) electrons. The van der Waals surface area contributed by atoms with Crippen molar-refractivity contribution in [1.82, 2.24) is 24.7 Å². The maximum Gasteiger partial charge on any atom is 0.372 e. The molecule has 7 heteroatoms. The lowest BCUT2D eigenvalue weighted by Gasteiger charge is -2.06. The molecule has 1 amide bonds. The van der Waals surface area contributed by atoms with E-state index >= 15 is 0 Å². The van der Waals surface area contributed by atoms with Crippen LogP contribution in [0.5, 0.6) is 0 Å². The molecule has 0 saturated carbocycles. The second kappa shape index (κ2) is 2.76. The molecule has 1 aromatic heterocycles. The van der Waals surface area contributed by atoms with Gasteiger partial charge in [0.2, 0.25) is 0 Å². The molecule has 0 saturated heterocycles. The molecule has 0 fully saturated rings. The Labute approximate surface area is 68.2 Å². The molecule has 0 aliphatic heterocycles. The van der Waals surface area contributed by atoms with Gasteiger partial charge in [-0.25, -0.2) is 9.59 Å². The van der Waals surface area contributed by atoms with Crippen LogP contribution < -0.4 is 5.69 Å². The summed E-state index contributed by atoms with van der Waals surface area (Å²) in [5, 5.41) is 6.75. The number of hydrogen-bond donors (Lipinski definition) is 0. The van der Waals surface area contributed by atoms with Gasteiger partial charge in [0.25, 0.3) is 0 Å². The normalized spacial score (nSPS) is 9.92. The van der Waals surface area contributed by atoms with E-state index in [1.54, 1.807) is 0 Å². The van der Waals surface area contributed by atoms with Gasteiger partial charge in [0.15, 0.2) is 0 Å². The van der Waals surface area contributed by atoms with Crippen molar-refractivity contribution in [1.29, 1.82) is 0 Å². The van der Waals surface area contributed by atoms with Gasteiger partial charge in [0, 0.05) is 21.1 Å². The summed E-state index contributed by atoms with van der Waals surface area (Å²) in [6, 6.07) is -0.506. The molecular weight excluding hydrogens is 162 g/mol. The van der Waals surface area contributed by atoms with Crippen LogP contribution in [0.4, 0.5) is 4.79 Å². The van der Waals surface area contributed by atoms with E-state index in [1.165, 1.54) is 26.0 Å². The molecule has 12 heavy (non-hydrogen) atoms. The fourth-order valence-corrected chi connectivity index (χ4v) is 0.623. The molecule has 0 unspecified atom stereocenters. The maximum absolute atomic E-state index is 11.2. The van der Waals surface area contributed by atoms with Gasteiger partial charge < -0.3 is 4.90 Å². The second-order valence-electron chi connectivity index (χ2n) is 2.47. The molecule has 7 nitrogen and oxygen atoms in total. The average Bonchev–Trinajstić information content (AvgIpc) is 2.32. The highest BCUT2D eigenvalue weighted by atomic mass is 16.2. The maximum atomic E-state index is 11.2. The van der Waals surface area contributed by atoms with Crippen molar-refractivity contribution < 1.29 is 4.79 Å². The highest BCUT2D eigenvalue weighted by molar-refractivity contribution is 5.74. The lowest BCUT2D eigenvalue weighted by Crippen LogP contribution is -2.36. The molecule has 1 rings (SSSR count). The van der Waals surface area contributed by atoms with Crippen molar-refractivity contribution in [2.24, 2.45) is 7.05 Å². The summed E-state index contributed by atoms with van der Waals surface area (Å²) in [5.41, 5.74) is -0.547. The van der Waals surface area contributed by atoms with E-state index in [0.29, 0.717) is 4.68 Å². The Morgan fingerprint density at radius 1 is 1.42 bits per heavy atom. The van der Waals surface area contributed by atoms with Crippen molar-refractivity contribution in [2.45, 2.75) is 0 Å². The Hall–Kier alpha value is -1.66. The van der Waals surface area contributed by atoms with E-state index in [1.807, 2.05) is 0 Å². The number of aromatic nitrogens is 4. The number of aryl methyl sites for hydroxylation is 1. The number of carbonyl (C=O) groups is 1. The van der Waals surface area contributed by atoms with Crippen molar-refractivity contribution in [3.05, 3.63) is 10.5 Å². The summed E-state index contributed by atoms with van der Waals surface area (Å²) in [6.45, 7) is 0. The fourth-order valence-electron chi connectivity index (χ4n) is 0.623. The van der Waals surface area contributed by atoms with Crippen LogP contribution in [-0.4, -0.2) is 44.8 Å². The van der Waals surface area contributed by atoms with Crippen LogP contribution in [0.2, 0.25) is 0 Å². The number of nitrogens with zero attached hydrogens (tertiary/aromatic N) is 5. The molecule has 0 atom stereocenters. The summed E-state index contributed by atoms with van der Waals surface area (Å²) in [7, 11) is 4.49. The topological polar surface area (TPSA) is 73.0 Å². The minimum absolute atomic E-state index is 0.506. The van der Waals surface area contributed by atoms with Crippen molar-refractivity contribution in [3.63, 3.8) is 0 Å². The Morgan fingerprint density at radius 2 is 2.00 bits per heavy atom. The Kier molecular flexibility index (Phi) is 1.94. The van der Waals surface area contributed by atoms with Gasteiger partial charge in [-0.15, -0.1) is 4.68 Å². The van der Waals surface area contributed by atoms with Crippen LogP contribution in [0, 0.1) is 0 Å². The van der Waals surface area contributed by atoms with E-state index in [2.05, 4.69) is 10.4 Å². The zero-order valence-corrected chi connectivity index (χ0v) is 7.05. The third-order valence-electron chi connectivity index (χ3n) is 1.29. The summed E-state index contributed by atoms with van der Waals surface area (Å²) in [4.78, 5) is 23.5. The van der Waals surface area contributed by atoms with Gasteiger partial charge in [0.1, 0.15) is 0 Å². The molecule has 0 N–H and O–H groups in total. The first-order valence-corrected chi connectivity index (χ1v) is 3.24. The molecule has 0 aliphatic carbocycles. The van der Waals surface area contributed by atoms with E-state index in [9.17, 15) is 9.59 Å². The van der Waals surface area contributed by atoms with Crippen LogP contribution in [0.1, 0.15) is 0 Å². The van der Waals surface area contributed by atoms with Crippen molar-refractivity contribution in [3.8, 4) is 0 Å². The van der Waals surface area contributed by atoms with Crippen molar-refractivity contribution >= 4 is 6.03 Å². The van der Waals surface area contributed by atoms with Gasteiger partial charge in [-0.1, -0.05) is 0 Å². The zero-order chi connectivity index (χ0) is 9.30. The largest absolute Gasteiger partial charge is 0.372 e.